The minimum Gasteiger partial charge on any atom is -0.324 e. The summed E-state index contributed by atoms with van der Waals surface area (Å²) in [5, 5.41) is 6.69. The molecule has 5 rings (SSSR count). The first-order chi connectivity index (χ1) is 16.7. The minimum absolute atomic E-state index is 0.479. The number of benzene rings is 4. The molecule has 166 valence electrons. The molecule has 0 atom stereocenters. The van der Waals surface area contributed by atoms with Gasteiger partial charge in [0.2, 0.25) is 11.9 Å². The van der Waals surface area contributed by atoms with E-state index in [9.17, 15) is 0 Å². The van der Waals surface area contributed by atoms with Crippen molar-refractivity contribution in [1.82, 2.24) is 15.0 Å². The monoisotopic (exact) mass is 443 g/mol. The van der Waals surface area contributed by atoms with Crippen LogP contribution in [0.3, 0.4) is 0 Å². The van der Waals surface area contributed by atoms with E-state index in [1.54, 1.807) is 0 Å². The van der Waals surface area contributed by atoms with Crippen LogP contribution in [-0.4, -0.2) is 15.0 Å². The van der Waals surface area contributed by atoms with Crippen LogP contribution in [-0.2, 0) is 5.41 Å². The van der Waals surface area contributed by atoms with Crippen molar-refractivity contribution in [2.45, 2.75) is 12.3 Å². The van der Waals surface area contributed by atoms with E-state index in [1.165, 1.54) is 0 Å². The van der Waals surface area contributed by atoms with Gasteiger partial charge in [0.25, 0.3) is 0 Å². The third-order valence-corrected chi connectivity index (χ3v) is 5.84. The number of rotatable bonds is 7. The predicted octanol–water partition coefficient (Wildman–Crippen LogP) is 6.71. The van der Waals surface area contributed by atoms with E-state index in [4.69, 9.17) is 9.97 Å². The van der Waals surface area contributed by atoms with Crippen LogP contribution in [0, 0.1) is 0 Å². The van der Waals surface area contributed by atoms with E-state index in [-0.39, 0.29) is 0 Å². The SMILES string of the molecule is CC(c1ccccc1)(c1ccccc1)c1nc(Nc2ccccc2)nc(Nc2ccccc2)n1. The highest BCUT2D eigenvalue weighted by atomic mass is 15.2. The van der Waals surface area contributed by atoms with E-state index < -0.39 is 5.41 Å². The number of nitrogens with one attached hydrogen (secondary N) is 2. The smallest absolute Gasteiger partial charge is 0.232 e. The van der Waals surface area contributed by atoms with Gasteiger partial charge < -0.3 is 10.6 Å². The lowest BCUT2D eigenvalue weighted by Crippen LogP contribution is -2.29. The summed E-state index contributed by atoms with van der Waals surface area (Å²) in [6.07, 6.45) is 0. The first kappa shape index (κ1) is 21.3. The van der Waals surface area contributed by atoms with Crippen LogP contribution in [0.1, 0.15) is 23.9 Å². The van der Waals surface area contributed by atoms with Crippen LogP contribution >= 0.6 is 0 Å². The van der Waals surface area contributed by atoms with E-state index >= 15 is 0 Å². The molecule has 5 nitrogen and oxygen atoms in total. The highest BCUT2D eigenvalue weighted by molar-refractivity contribution is 5.58. The molecular weight excluding hydrogens is 418 g/mol. The van der Waals surface area contributed by atoms with Crippen LogP contribution in [0.25, 0.3) is 0 Å². The molecule has 0 fully saturated rings. The number of hydrogen-bond donors (Lipinski definition) is 2. The molecule has 0 unspecified atom stereocenters. The van der Waals surface area contributed by atoms with Crippen molar-refractivity contribution in [1.29, 1.82) is 0 Å². The normalized spacial score (nSPS) is 11.1. The average molecular weight is 444 g/mol. The van der Waals surface area contributed by atoms with Gasteiger partial charge in [0.15, 0.2) is 5.82 Å². The molecule has 0 spiro atoms. The summed E-state index contributed by atoms with van der Waals surface area (Å²) < 4.78 is 0. The molecule has 0 aliphatic rings. The van der Waals surface area contributed by atoms with Gasteiger partial charge in [-0.3, -0.25) is 0 Å². The van der Waals surface area contributed by atoms with Gasteiger partial charge in [-0.15, -0.1) is 0 Å². The largest absolute Gasteiger partial charge is 0.324 e. The van der Waals surface area contributed by atoms with E-state index in [1.807, 2.05) is 97.1 Å². The van der Waals surface area contributed by atoms with Gasteiger partial charge >= 0.3 is 0 Å². The Morgan fingerprint density at radius 2 is 0.824 bits per heavy atom. The zero-order valence-electron chi connectivity index (χ0n) is 18.9. The predicted molar refractivity (Wildman–Crippen MR) is 138 cm³/mol. The maximum Gasteiger partial charge on any atom is 0.232 e. The van der Waals surface area contributed by atoms with Gasteiger partial charge in [-0.2, -0.15) is 15.0 Å². The number of anilines is 4. The lowest BCUT2D eigenvalue weighted by molar-refractivity contribution is 0.632. The van der Waals surface area contributed by atoms with E-state index in [0.717, 1.165) is 22.5 Å². The standard InChI is InChI=1S/C29H25N5/c1-29(22-14-6-2-7-15-22,23-16-8-3-9-17-23)26-32-27(30-24-18-10-4-11-19-24)34-28(33-26)31-25-20-12-5-13-21-25/h2-21H,1H3,(H2,30,31,32,33,34). The van der Waals surface area contributed by atoms with Crippen LogP contribution in [0.4, 0.5) is 23.3 Å². The van der Waals surface area contributed by atoms with Gasteiger partial charge in [-0.05, 0) is 42.3 Å². The van der Waals surface area contributed by atoms with Crippen molar-refractivity contribution in [3.8, 4) is 0 Å². The second-order valence-electron chi connectivity index (χ2n) is 8.15. The Morgan fingerprint density at radius 1 is 0.471 bits per heavy atom. The molecule has 5 heteroatoms. The van der Waals surface area contributed by atoms with E-state index in [0.29, 0.717) is 17.7 Å². The third-order valence-electron chi connectivity index (χ3n) is 5.84. The molecule has 0 aliphatic heterocycles. The lowest BCUT2D eigenvalue weighted by Gasteiger charge is -2.30. The zero-order valence-corrected chi connectivity index (χ0v) is 18.9. The van der Waals surface area contributed by atoms with Crippen LogP contribution in [0.2, 0.25) is 0 Å². The van der Waals surface area contributed by atoms with Crippen LogP contribution in [0.15, 0.2) is 121 Å². The third kappa shape index (κ3) is 4.50. The Bertz CT molecular complexity index is 1240. The molecule has 4 aromatic carbocycles. The summed E-state index contributed by atoms with van der Waals surface area (Å²) in [6, 6.07) is 40.5. The Balaban J connectivity index is 1.67. The number of hydrogen-bond acceptors (Lipinski definition) is 5. The summed E-state index contributed by atoms with van der Waals surface area (Å²) in [5.41, 5.74) is 3.43. The Morgan fingerprint density at radius 3 is 1.21 bits per heavy atom. The van der Waals surface area contributed by atoms with Gasteiger partial charge in [-0.25, -0.2) is 0 Å². The molecule has 34 heavy (non-hydrogen) atoms. The summed E-state index contributed by atoms with van der Waals surface area (Å²) in [7, 11) is 0. The van der Waals surface area contributed by atoms with Gasteiger partial charge in [-0.1, -0.05) is 97.1 Å². The summed E-state index contributed by atoms with van der Waals surface area (Å²) in [5.74, 6) is 1.61. The van der Waals surface area contributed by atoms with Crippen molar-refractivity contribution in [3.05, 3.63) is 138 Å². The molecule has 0 aliphatic carbocycles. The zero-order chi connectivity index (χ0) is 23.2. The fourth-order valence-corrected chi connectivity index (χ4v) is 3.98. The summed E-state index contributed by atoms with van der Waals surface area (Å²) in [4.78, 5) is 14.5. The number of aromatic nitrogens is 3. The highest BCUT2D eigenvalue weighted by Gasteiger charge is 2.35. The topological polar surface area (TPSA) is 62.7 Å². The maximum absolute atomic E-state index is 4.92. The fraction of sp³-hybridized carbons (Fsp3) is 0.0690. The van der Waals surface area contributed by atoms with Crippen molar-refractivity contribution >= 4 is 23.3 Å². The van der Waals surface area contributed by atoms with Crippen molar-refractivity contribution < 1.29 is 0 Å². The highest BCUT2D eigenvalue weighted by Crippen LogP contribution is 2.37. The molecule has 5 aromatic rings. The molecule has 0 bridgehead atoms. The van der Waals surface area contributed by atoms with Crippen molar-refractivity contribution in [3.63, 3.8) is 0 Å². The molecule has 0 radical (unpaired) electrons. The van der Waals surface area contributed by atoms with Crippen molar-refractivity contribution in [2.24, 2.45) is 0 Å². The van der Waals surface area contributed by atoms with Gasteiger partial charge in [0.05, 0.1) is 5.41 Å². The molecule has 1 heterocycles. The Kier molecular flexibility index (Phi) is 5.99. The Hall–Kier alpha value is -4.51. The van der Waals surface area contributed by atoms with Crippen LogP contribution < -0.4 is 10.6 Å². The van der Waals surface area contributed by atoms with E-state index in [2.05, 4.69) is 46.8 Å². The molecule has 1 aromatic heterocycles. The average Bonchev–Trinajstić information content (AvgIpc) is 2.90. The quantitative estimate of drug-likeness (QED) is 0.293. The maximum atomic E-state index is 4.92. The molecule has 2 N–H and O–H groups in total. The second kappa shape index (κ2) is 9.55. The van der Waals surface area contributed by atoms with Gasteiger partial charge in [0, 0.05) is 11.4 Å². The number of nitrogens with zero attached hydrogens (tertiary/aromatic N) is 3. The minimum atomic E-state index is -0.592. The molecule has 0 saturated carbocycles. The summed E-state index contributed by atoms with van der Waals surface area (Å²) in [6.45, 7) is 2.16. The Labute approximate surface area is 199 Å². The fourth-order valence-electron chi connectivity index (χ4n) is 3.98. The summed E-state index contributed by atoms with van der Waals surface area (Å²) >= 11 is 0. The molecule has 0 amide bonds. The van der Waals surface area contributed by atoms with Crippen LogP contribution in [0.5, 0.6) is 0 Å². The molecular formula is C29H25N5. The van der Waals surface area contributed by atoms with Crippen molar-refractivity contribution in [2.75, 3.05) is 10.6 Å². The number of para-hydroxylation sites is 2. The molecule has 0 saturated heterocycles. The van der Waals surface area contributed by atoms with Gasteiger partial charge in [0.1, 0.15) is 0 Å². The first-order valence-electron chi connectivity index (χ1n) is 11.2. The first-order valence-corrected chi connectivity index (χ1v) is 11.2. The second-order valence-corrected chi connectivity index (χ2v) is 8.15. The lowest BCUT2D eigenvalue weighted by atomic mass is 9.75.